The fourth-order valence-corrected chi connectivity index (χ4v) is 2.92. The van der Waals surface area contributed by atoms with Crippen LogP contribution in [-0.2, 0) is 7.05 Å². The van der Waals surface area contributed by atoms with Crippen molar-refractivity contribution >= 4 is 38.5 Å². The second-order valence-corrected chi connectivity index (χ2v) is 4.88. The van der Waals surface area contributed by atoms with Crippen LogP contribution in [0.1, 0.15) is 0 Å². The van der Waals surface area contributed by atoms with Gasteiger partial charge >= 0.3 is 0 Å². The second kappa shape index (κ2) is 4.63. The molecular formula is C16H14IN3. The number of aromatic nitrogens is 2. The summed E-state index contributed by atoms with van der Waals surface area (Å²) in [5, 5.41) is 2.29. The van der Waals surface area contributed by atoms with E-state index in [9.17, 15) is 0 Å². The van der Waals surface area contributed by atoms with E-state index in [1.54, 1.807) is 0 Å². The zero-order valence-corrected chi connectivity index (χ0v) is 13.2. The Balaban J connectivity index is 0.00000121. The third-order valence-corrected chi connectivity index (χ3v) is 3.84. The first-order valence-electron chi connectivity index (χ1n) is 6.34. The number of anilines is 1. The lowest BCUT2D eigenvalue weighted by molar-refractivity contribution is -0.616. The average molecular weight is 375 g/mol. The van der Waals surface area contributed by atoms with Gasteiger partial charge in [0.15, 0.2) is 0 Å². The molecule has 20 heavy (non-hydrogen) atoms. The fourth-order valence-electron chi connectivity index (χ4n) is 2.92. The van der Waals surface area contributed by atoms with Gasteiger partial charge in [-0.15, -0.1) is 0 Å². The largest absolute Gasteiger partial charge is 1.00 e. The maximum atomic E-state index is 6.34. The number of hydrogen-bond donors (Lipinski definition) is 2. The van der Waals surface area contributed by atoms with Crippen LogP contribution in [0, 0.1) is 0 Å². The first-order valence-corrected chi connectivity index (χ1v) is 6.34. The number of rotatable bonds is 0. The number of hydrogen-bond acceptors (Lipinski definition) is 1. The molecule has 0 aliphatic carbocycles. The van der Waals surface area contributed by atoms with Crippen molar-refractivity contribution < 1.29 is 28.5 Å². The molecule has 0 atom stereocenters. The van der Waals surface area contributed by atoms with Gasteiger partial charge in [-0.3, -0.25) is 0 Å². The second-order valence-electron chi connectivity index (χ2n) is 4.88. The molecule has 4 heteroatoms. The smallest absolute Gasteiger partial charge is 0.240 e. The minimum Gasteiger partial charge on any atom is -1.00 e. The highest BCUT2D eigenvalue weighted by Crippen LogP contribution is 2.30. The molecule has 0 bridgehead atoms. The summed E-state index contributed by atoms with van der Waals surface area (Å²) in [5.74, 6) is 0. The summed E-state index contributed by atoms with van der Waals surface area (Å²) < 4.78 is 2.21. The summed E-state index contributed by atoms with van der Waals surface area (Å²) in [6.45, 7) is 0. The number of H-pyrrole nitrogens is 1. The normalized spacial score (nSPS) is 11.1. The molecule has 2 heterocycles. The molecule has 0 radical (unpaired) electrons. The zero-order chi connectivity index (χ0) is 13.0. The summed E-state index contributed by atoms with van der Waals surface area (Å²) in [4.78, 5) is 3.43. The zero-order valence-electron chi connectivity index (χ0n) is 11.0. The van der Waals surface area contributed by atoms with Crippen molar-refractivity contribution in [2.24, 2.45) is 7.05 Å². The van der Waals surface area contributed by atoms with Gasteiger partial charge in [-0.25, -0.2) is 0 Å². The summed E-state index contributed by atoms with van der Waals surface area (Å²) in [6, 6.07) is 16.5. The van der Waals surface area contributed by atoms with Crippen LogP contribution in [0.15, 0.2) is 48.5 Å². The van der Waals surface area contributed by atoms with Gasteiger partial charge in [0.2, 0.25) is 11.0 Å². The van der Waals surface area contributed by atoms with Crippen LogP contribution in [-0.4, -0.2) is 4.98 Å². The number of halogens is 1. The number of nitrogens with one attached hydrogen (secondary N) is 1. The molecule has 4 rings (SSSR count). The third-order valence-electron chi connectivity index (χ3n) is 3.84. The maximum Gasteiger partial charge on any atom is 0.240 e. The van der Waals surface area contributed by atoms with E-state index >= 15 is 0 Å². The Morgan fingerprint density at radius 3 is 2.40 bits per heavy atom. The Kier molecular flexibility index (Phi) is 3.05. The molecule has 0 fully saturated rings. The number of para-hydroxylation sites is 2. The van der Waals surface area contributed by atoms with E-state index in [4.69, 9.17) is 5.73 Å². The van der Waals surface area contributed by atoms with Gasteiger partial charge in [-0.2, -0.15) is 4.57 Å². The fraction of sp³-hybridized carbons (Fsp3) is 0.0625. The lowest BCUT2D eigenvalue weighted by Crippen LogP contribution is -3.00. The van der Waals surface area contributed by atoms with E-state index in [1.165, 1.54) is 5.39 Å². The maximum absolute atomic E-state index is 6.34. The summed E-state index contributed by atoms with van der Waals surface area (Å²) in [6.07, 6.45) is 0. The highest BCUT2D eigenvalue weighted by Gasteiger charge is 2.20. The lowest BCUT2D eigenvalue weighted by atomic mass is 10.1. The highest BCUT2D eigenvalue weighted by atomic mass is 127. The Morgan fingerprint density at radius 1 is 0.950 bits per heavy atom. The summed E-state index contributed by atoms with van der Waals surface area (Å²) >= 11 is 0. The lowest BCUT2D eigenvalue weighted by Gasteiger charge is -2.02. The van der Waals surface area contributed by atoms with Crippen molar-refractivity contribution in [3.8, 4) is 0 Å². The molecule has 0 aliphatic rings. The SMILES string of the molecule is C[n+]1c2ccccc2c(N)c2[nH]c3ccccc3c21.[I-]. The van der Waals surface area contributed by atoms with Gasteiger partial charge in [-0.05, 0) is 18.2 Å². The molecule has 0 saturated carbocycles. The molecule has 0 spiro atoms. The van der Waals surface area contributed by atoms with Gasteiger partial charge in [0, 0.05) is 6.07 Å². The molecule has 2 aromatic carbocycles. The number of nitrogens with two attached hydrogens (primary N) is 1. The quantitative estimate of drug-likeness (QED) is 0.327. The predicted molar refractivity (Wildman–Crippen MR) is 78.9 cm³/mol. The Morgan fingerprint density at radius 2 is 1.60 bits per heavy atom. The first kappa shape index (κ1) is 13.2. The molecule has 0 aliphatic heterocycles. The van der Waals surface area contributed by atoms with Crippen LogP contribution in [0.25, 0.3) is 32.8 Å². The molecule has 2 aromatic heterocycles. The van der Waals surface area contributed by atoms with E-state index in [2.05, 4.69) is 46.9 Å². The van der Waals surface area contributed by atoms with Gasteiger partial charge in [0.1, 0.15) is 12.6 Å². The van der Waals surface area contributed by atoms with Crippen LogP contribution >= 0.6 is 0 Å². The monoisotopic (exact) mass is 375 g/mol. The van der Waals surface area contributed by atoms with Crippen molar-refractivity contribution in [2.75, 3.05) is 5.73 Å². The van der Waals surface area contributed by atoms with Crippen LogP contribution in [0.5, 0.6) is 0 Å². The van der Waals surface area contributed by atoms with Gasteiger partial charge in [0.05, 0.1) is 22.0 Å². The van der Waals surface area contributed by atoms with Crippen molar-refractivity contribution in [1.29, 1.82) is 0 Å². The number of aryl methyl sites for hydroxylation is 1. The number of nitrogen functional groups attached to an aromatic ring is 1. The molecule has 0 saturated heterocycles. The number of aromatic amines is 1. The summed E-state index contributed by atoms with van der Waals surface area (Å²) in [7, 11) is 2.09. The van der Waals surface area contributed by atoms with Crippen LogP contribution in [0.2, 0.25) is 0 Å². The molecule has 0 unspecified atom stereocenters. The van der Waals surface area contributed by atoms with E-state index in [0.29, 0.717) is 0 Å². The molecule has 3 nitrogen and oxygen atoms in total. The van der Waals surface area contributed by atoms with Crippen molar-refractivity contribution in [1.82, 2.24) is 4.98 Å². The van der Waals surface area contributed by atoms with Crippen molar-refractivity contribution in [2.45, 2.75) is 0 Å². The predicted octanol–water partition coefficient (Wildman–Crippen LogP) is -0.115. The molecule has 0 amide bonds. The topological polar surface area (TPSA) is 45.7 Å². The van der Waals surface area contributed by atoms with Gasteiger partial charge in [0.25, 0.3) is 0 Å². The third kappa shape index (κ3) is 1.61. The Bertz CT molecular complexity index is 941. The minimum atomic E-state index is 0. The molecule has 100 valence electrons. The Labute approximate surface area is 133 Å². The van der Waals surface area contributed by atoms with Crippen molar-refractivity contribution in [3.63, 3.8) is 0 Å². The van der Waals surface area contributed by atoms with E-state index < -0.39 is 0 Å². The average Bonchev–Trinajstić information content (AvgIpc) is 2.84. The van der Waals surface area contributed by atoms with E-state index in [1.807, 2.05) is 18.2 Å². The number of nitrogens with zero attached hydrogens (tertiary/aromatic N) is 1. The van der Waals surface area contributed by atoms with Gasteiger partial charge < -0.3 is 34.7 Å². The number of fused-ring (bicyclic) bond motifs is 4. The standard InChI is InChI=1S/C16H13N3.HI/c1-19-13-9-5-3-7-11(13)14(17)15-16(19)10-6-2-4-8-12(10)18-15;/h2-9H,1H3,(H2,17,18);1H. The highest BCUT2D eigenvalue weighted by molar-refractivity contribution is 6.12. The Hall–Kier alpha value is -1.82. The number of benzene rings is 2. The number of pyridine rings is 1. The minimum absolute atomic E-state index is 0. The first-order chi connectivity index (χ1) is 9.27. The van der Waals surface area contributed by atoms with Crippen LogP contribution < -0.4 is 34.3 Å². The van der Waals surface area contributed by atoms with Crippen LogP contribution in [0.4, 0.5) is 5.69 Å². The van der Waals surface area contributed by atoms with E-state index in [-0.39, 0.29) is 24.0 Å². The van der Waals surface area contributed by atoms with Crippen LogP contribution in [0.3, 0.4) is 0 Å². The molecule has 3 N–H and O–H groups in total. The molecule has 4 aromatic rings. The van der Waals surface area contributed by atoms with E-state index in [0.717, 1.165) is 33.1 Å². The van der Waals surface area contributed by atoms with Gasteiger partial charge in [-0.1, -0.05) is 24.3 Å². The van der Waals surface area contributed by atoms with Crippen molar-refractivity contribution in [3.05, 3.63) is 48.5 Å². The molecular weight excluding hydrogens is 361 g/mol. The summed E-state index contributed by atoms with van der Waals surface area (Å²) in [5.41, 5.74) is 11.6.